The van der Waals surface area contributed by atoms with Crippen LogP contribution >= 0.6 is 0 Å². The molecular formula is C11H15NO3. The Bertz CT molecular complexity index is 329. The number of pyridine rings is 1. The number of esters is 1. The zero-order valence-corrected chi connectivity index (χ0v) is 9.10. The van der Waals surface area contributed by atoms with Crippen LogP contribution in [0.15, 0.2) is 24.4 Å². The Hall–Kier alpha value is -1.42. The number of ether oxygens (including phenoxy) is 1. The van der Waals surface area contributed by atoms with E-state index in [9.17, 15) is 9.90 Å². The smallest absolute Gasteiger partial charge is 0.341 e. The summed E-state index contributed by atoms with van der Waals surface area (Å²) in [5.41, 5.74) is -0.306. The summed E-state index contributed by atoms with van der Waals surface area (Å²) in [5.74, 6) is -0.679. The molecule has 82 valence electrons. The maximum absolute atomic E-state index is 11.4. The summed E-state index contributed by atoms with van der Waals surface area (Å²) in [6.45, 7) is 5.24. The van der Waals surface area contributed by atoms with E-state index >= 15 is 0 Å². The molecular weight excluding hydrogens is 194 g/mol. The van der Waals surface area contributed by atoms with Crippen LogP contribution in [0.25, 0.3) is 0 Å². The molecule has 1 N–H and O–H groups in total. The van der Waals surface area contributed by atoms with E-state index in [4.69, 9.17) is 4.74 Å². The van der Waals surface area contributed by atoms with E-state index in [0.717, 1.165) is 0 Å². The Kier molecular flexibility index (Phi) is 3.42. The molecule has 0 amide bonds. The van der Waals surface area contributed by atoms with Crippen molar-refractivity contribution in [2.75, 3.05) is 0 Å². The predicted octanol–water partition coefficient (Wildman–Crippen LogP) is 1.46. The summed E-state index contributed by atoms with van der Waals surface area (Å²) >= 11 is 0. The number of aromatic nitrogens is 1. The largest absolute Gasteiger partial charge is 0.458 e. The molecule has 1 rings (SSSR count). The van der Waals surface area contributed by atoms with Gasteiger partial charge in [0.25, 0.3) is 0 Å². The van der Waals surface area contributed by atoms with Crippen molar-refractivity contribution in [1.29, 1.82) is 0 Å². The van der Waals surface area contributed by atoms with Crippen LogP contribution in [-0.4, -0.2) is 21.7 Å². The number of aliphatic hydroxyl groups excluding tert-OH is 1. The first kappa shape index (κ1) is 11.7. The van der Waals surface area contributed by atoms with Crippen molar-refractivity contribution in [1.82, 2.24) is 4.98 Å². The Morgan fingerprint density at radius 1 is 1.47 bits per heavy atom. The molecule has 0 bridgehead atoms. The molecule has 0 spiro atoms. The van der Waals surface area contributed by atoms with E-state index in [1.165, 1.54) is 6.20 Å². The molecule has 0 aliphatic heterocycles. The van der Waals surface area contributed by atoms with Gasteiger partial charge in [0.2, 0.25) is 0 Å². The standard InChI is InChI=1S/C11H15NO3/c1-11(2,3)15-10(14)9(13)8-6-4-5-7-12-8/h4-7,9,13H,1-3H3. The molecule has 0 saturated heterocycles. The van der Waals surface area contributed by atoms with E-state index in [2.05, 4.69) is 4.98 Å². The highest BCUT2D eigenvalue weighted by Gasteiger charge is 2.25. The molecule has 1 aromatic rings. The van der Waals surface area contributed by atoms with Gasteiger partial charge >= 0.3 is 5.97 Å². The zero-order valence-electron chi connectivity index (χ0n) is 9.10. The maximum atomic E-state index is 11.4. The highest BCUT2D eigenvalue weighted by molar-refractivity contribution is 5.75. The summed E-state index contributed by atoms with van der Waals surface area (Å²) in [5, 5.41) is 9.62. The van der Waals surface area contributed by atoms with Gasteiger partial charge in [-0.25, -0.2) is 4.79 Å². The third-order valence-corrected chi connectivity index (χ3v) is 1.60. The fraction of sp³-hybridized carbons (Fsp3) is 0.455. The van der Waals surface area contributed by atoms with Crippen LogP contribution in [0.4, 0.5) is 0 Å². The van der Waals surface area contributed by atoms with E-state index in [-0.39, 0.29) is 0 Å². The topological polar surface area (TPSA) is 59.4 Å². The molecule has 4 nitrogen and oxygen atoms in total. The fourth-order valence-corrected chi connectivity index (χ4v) is 1.02. The van der Waals surface area contributed by atoms with Gasteiger partial charge in [0, 0.05) is 6.20 Å². The van der Waals surface area contributed by atoms with Crippen molar-refractivity contribution < 1.29 is 14.6 Å². The Labute approximate surface area is 88.9 Å². The van der Waals surface area contributed by atoms with Crippen LogP contribution in [-0.2, 0) is 9.53 Å². The number of nitrogens with zero attached hydrogens (tertiary/aromatic N) is 1. The first-order valence-corrected chi connectivity index (χ1v) is 4.72. The highest BCUT2D eigenvalue weighted by Crippen LogP contribution is 2.16. The predicted molar refractivity (Wildman–Crippen MR) is 55.0 cm³/mol. The van der Waals surface area contributed by atoms with Crippen molar-refractivity contribution in [2.45, 2.75) is 32.5 Å². The third kappa shape index (κ3) is 3.67. The summed E-state index contributed by atoms with van der Waals surface area (Å²) < 4.78 is 5.02. The second-order valence-corrected chi connectivity index (χ2v) is 4.19. The van der Waals surface area contributed by atoms with E-state index < -0.39 is 17.7 Å². The van der Waals surface area contributed by atoms with Gasteiger partial charge in [-0.15, -0.1) is 0 Å². The first-order valence-electron chi connectivity index (χ1n) is 4.72. The third-order valence-electron chi connectivity index (χ3n) is 1.60. The summed E-state index contributed by atoms with van der Waals surface area (Å²) in [6, 6.07) is 5.00. The minimum Gasteiger partial charge on any atom is -0.458 e. The average molecular weight is 209 g/mol. The van der Waals surface area contributed by atoms with Crippen molar-refractivity contribution in [3.05, 3.63) is 30.1 Å². The Morgan fingerprint density at radius 3 is 2.60 bits per heavy atom. The van der Waals surface area contributed by atoms with Gasteiger partial charge in [-0.05, 0) is 32.9 Å². The second-order valence-electron chi connectivity index (χ2n) is 4.19. The van der Waals surface area contributed by atoms with Crippen LogP contribution in [0.5, 0.6) is 0 Å². The van der Waals surface area contributed by atoms with Gasteiger partial charge in [0.15, 0.2) is 6.10 Å². The molecule has 1 unspecified atom stereocenters. The monoisotopic (exact) mass is 209 g/mol. The van der Waals surface area contributed by atoms with Crippen LogP contribution < -0.4 is 0 Å². The summed E-state index contributed by atoms with van der Waals surface area (Å²) in [6.07, 6.45) is 0.202. The molecule has 0 aromatic carbocycles. The lowest BCUT2D eigenvalue weighted by Crippen LogP contribution is -2.28. The van der Waals surface area contributed by atoms with E-state index in [1.807, 2.05) is 0 Å². The summed E-state index contributed by atoms with van der Waals surface area (Å²) in [7, 11) is 0. The van der Waals surface area contributed by atoms with Crippen molar-refractivity contribution >= 4 is 5.97 Å². The van der Waals surface area contributed by atoms with Gasteiger partial charge in [0.1, 0.15) is 5.60 Å². The van der Waals surface area contributed by atoms with Crippen LogP contribution in [0, 0.1) is 0 Å². The molecule has 1 aromatic heterocycles. The van der Waals surface area contributed by atoms with Crippen LogP contribution in [0.2, 0.25) is 0 Å². The number of rotatable bonds is 2. The number of carbonyl (C=O) groups excluding carboxylic acids is 1. The second kappa shape index (κ2) is 4.40. The Morgan fingerprint density at radius 2 is 2.13 bits per heavy atom. The molecule has 0 aliphatic carbocycles. The number of hydrogen-bond donors (Lipinski definition) is 1. The highest BCUT2D eigenvalue weighted by atomic mass is 16.6. The minimum atomic E-state index is -1.31. The molecule has 15 heavy (non-hydrogen) atoms. The minimum absolute atomic E-state index is 0.298. The molecule has 0 saturated carbocycles. The SMILES string of the molecule is CC(C)(C)OC(=O)C(O)c1ccccn1. The lowest BCUT2D eigenvalue weighted by Gasteiger charge is -2.21. The lowest BCUT2D eigenvalue weighted by atomic mass is 10.2. The molecule has 1 atom stereocenters. The zero-order chi connectivity index (χ0) is 11.5. The molecule has 0 fully saturated rings. The molecule has 0 radical (unpaired) electrons. The van der Waals surface area contributed by atoms with Gasteiger partial charge < -0.3 is 9.84 Å². The number of hydrogen-bond acceptors (Lipinski definition) is 4. The van der Waals surface area contributed by atoms with Gasteiger partial charge in [-0.2, -0.15) is 0 Å². The summed E-state index contributed by atoms with van der Waals surface area (Å²) in [4.78, 5) is 15.3. The molecule has 1 heterocycles. The Balaban J connectivity index is 2.70. The van der Waals surface area contributed by atoms with Crippen LogP contribution in [0.1, 0.15) is 32.6 Å². The molecule has 0 aliphatic rings. The van der Waals surface area contributed by atoms with E-state index in [0.29, 0.717) is 5.69 Å². The lowest BCUT2D eigenvalue weighted by molar-refractivity contribution is -0.165. The van der Waals surface area contributed by atoms with Gasteiger partial charge in [-0.3, -0.25) is 4.98 Å². The average Bonchev–Trinajstić information content (AvgIpc) is 2.15. The van der Waals surface area contributed by atoms with Crippen molar-refractivity contribution in [2.24, 2.45) is 0 Å². The van der Waals surface area contributed by atoms with Gasteiger partial charge in [-0.1, -0.05) is 6.07 Å². The normalized spacial score (nSPS) is 13.3. The maximum Gasteiger partial charge on any atom is 0.341 e. The first-order chi connectivity index (χ1) is 6.90. The molecule has 4 heteroatoms. The van der Waals surface area contributed by atoms with Gasteiger partial charge in [0.05, 0.1) is 5.69 Å². The quantitative estimate of drug-likeness (QED) is 0.749. The van der Waals surface area contributed by atoms with Crippen LogP contribution in [0.3, 0.4) is 0 Å². The van der Waals surface area contributed by atoms with E-state index in [1.54, 1.807) is 39.0 Å². The fourth-order valence-electron chi connectivity index (χ4n) is 1.02. The number of aliphatic hydroxyl groups is 1. The van der Waals surface area contributed by atoms with Crippen molar-refractivity contribution in [3.63, 3.8) is 0 Å². The number of carbonyl (C=O) groups is 1. The van der Waals surface area contributed by atoms with Crippen molar-refractivity contribution in [3.8, 4) is 0 Å².